The summed E-state index contributed by atoms with van der Waals surface area (Å²) < 4.78 is 0.792. The monoisotopic (exact) mass is 329 g/mol. The summed E-state index contributed by atoms with van der Waals surface area (Å²) >= 11 is 3.93. The second kappa shape index (κ2) is 6.72. The van der Waals surface area contributed by atoms with Gasteiger partial charge in [0.1, 0.15) is 11.6 Å². The molecule has 5 N–H and O–H groups in total. The van der Waals surface area contributed by atoms with E-state index < -0.39 is 0 Å². The van der Waals surface area contributed by atoms with Crippen molar-refractivity contribution < 1.29 is 4.79 Å². The maximum Gasteiger partial charge on any atom is 0.236 e. The van der Waals surface area contributed by atoms with Gasteiger partial charge in [0.2, 0.25) is 11.0 Å². The predicted molar refractivity (Wildman–Crippen MR) is 81.9 cm³/mol. The second-order valence-corrected chi connectivity index (χ2v) is 6.39. The van der Waals surface area contributed by atoms with Crippen LogP contribution >= 0.6 is 34.9 Å². The van der Waals surface area contributed by atoms with E-state index in [0.29, 0.717) is 10.3 Å². The van der Waals surface area contributed by atoms with Crippen LogP contribution in [0.5, 0.6) is 0 Å². The van der Waals surface area contributed by atoms with E-state index in [2.05, 4.69) is 25.5 Å². The highest BCUT2D eigenvalue weighted by Gasteiger charge is 2.10. The number of hydrogen-bond acceptors (Lipinski definition) is 10. The first-order valence-electron chi connectivity index (χ1n) is 5.27. The number of nitrogens with zero attached hydrogens (tertiary/aromatic N) is 4. The van der Waals surface area contributed by atoms with Crippen LogP contribution in [0.3, 0.4) is 0 Å². The highest BCUT2D eigenvalue weighted by Crippen LogP contribution is 2.23. The zero-order valence-corrected chi connectivity index (χ0v) is 12.8. The van der Waals surface area contributed by atoms with Crippen molar-refractivity contribution in [3.63, 3.8) is 0 Å². The van der Waals surface area contributed by atoms with E-state index in [1.54, 1.807) is 0 Å². The van der Waals surface area contributed by atoms with Crippen molar-refractivity contribution in [3.05, 3.63) is 6.07 Å². The fraction of sp³-hybridized carbons (Fsp3) is 0.222. The van der Waals surface area contributed by atoms with E-state index in [9.17, 15) is 4.79 Å². The van der Waals surface area contributed by atoms with Crippen LogP contribution in [0.1, 0.15) is 0 Å². The molecule has 0 aliphatic carbocycles. The normalized spacial score (nSPS) is 10.4. The molecule has 0 aliphatic heterocycles. The fourth-order valence-corrected chi connectivity index (χ4v) is 3.01. The van der Waals surface area contributed by atoms with Crippen LogP contribution < -0.4 is 16.8 Å². The van der Waals surface area contributed by atoms with Gasteiger partial charge in [-0.25, -0.2) is 9.97 Å². The largest absolute Gasteiger partial charge is 0.383 e. The number of rotatable bonds is 5. The zero-order chi connectivity index (χ0) is 14.5. The van der Waals surface area contributed by atoms with Gasteiger partial charge in [-0.05, 0) is 6.26 Å². The number of amides is 1. The van der Waals surface area contributed by atoms with E-state index in [1.165, 1.54) is 29.2 Å². The summed E-state index contributed by atoms with van der Waals surface area (Å²) in [6, 6.07) is 1.45. The summed E-state index contributed by atoms with van der Waals surface area (Å²) in [4.78, 5) is 19.7. The molecule has 0 unspecified atom stereocenters. The van der Waals surface area contributed by atoms with Crippen molar-refractivity contribution in [2.45, 2.75) is 9.50 Å². The molecular formula is C9H11N7OS3. The number of thioether (sulfide) groups is 2. The average molecular weight is 329 g/mol. The van der Waals surface area contributed by atoms with Gasteiger partial charge in [0.25, 0.3) is 0 Å². The van der Waals surface area contributed by atoms with E-state index in [4.69, 9.17) is 11.5 Å². The van der Waals surface area contributed by atoms with Crippen molar-refractivity contribution in [1.82, 2.24) is 20.2 Å². The van der Waals surface area contributed by atoms with Gasteiger partial charge < -0.3 is 11.5 Å². The SMILES string of the molecule is CSc1nnc(NC(=O)CSc2nc(N)cc(N)n2)s1. The van der Waals surface area contributed by atoms with Gasteiger partial charge in [-0.15, -0.1) is 10.2 Å². The van der Waals surface area contributed by atoms with Gasteiger partial charge in [0, 0.05) is 6.07 Å². The van der Waals surface area contributed by atoms with E-state index >= 15 is 0 Å². The first-order chi connectivity index (χ1) is 9.56. The van der Waals surface area contributed by atoms with E-state index in [1.807, 2.05) is 6.26 Å². The smallest absolute Gasteiger partial charge is 0.236 e. The topological polar surface area (TPSA) is 133 Å². The molecule has 1 amide bonds. The van der Waals surface area contributed by atoms with Gasteiger partial charge in [0.15, 0.2) is 9.50 Å². The first kappa shape index (κ1) is 14.8. The number of nitrogen functional groups attached to an aromatic ring is 2. The third-order valence-electron chi connectivity index (χ3n) is 1.91. The van der Waals surface area contributed by atoms with Gasteiger partial charge >= 0.3 is 0 Å². The molecule has 0 aromatic carbocycles. The van der Waals surface area contributed by atoms with Gasteiger partial charge in [-0.3, -0.25) is 10.1 Å². The molecule has 2 aromatic heterocycles. The molecule has 0 saturated heterocycles. The number of aromatic nitrogens is 4. The molecule has 8 nitrogen and oxygen atoms in total. The van der Waals surface area contributed by atoms with Crippen LogP contribution in [0.4, 0.5) is 16.8 Å². The molecule has 11 heteroatoms. The molecule has 0 fully saturated rings. The van der Waals surface area contributed by atoms with Crippen molar-refractivity contribution >= 4 is 57.5 Å². The Morgan fingerprint density at radius 2 is 2.05 bits per heavy atom. The maximum atomic E-state index is 11.7. The van der Waals surface area contributed by atoms with Crippen molar-refractivity contribution in [2.75, 3.05) is 28.8 Å². The van der Waals surface area contributed by atoms with Crippen molar-refractivity contribution in [2.24, 2.45) is 0 Å². The molecule has 0 atom stereocenters. The molecule has 2 heterocycles. The van der Waals surface area contributed by atoms with Crippen LogP contribution in [0.15, 0.2) is 15.6 Å². The van der Waals surface area contributed by atoms with Crippen LogP contribution in [-0.4, -0.2) is 38.1 Å². The lowest BCUT2D eigenvalue weighted by molar-refractivity contribution is -0.113. The summed E-state index contributed by atoms with van der Waals surface area (Å²) in [6.45, 7) is 0. The molecule has 0 spiro atoms. The standard InChI is InChI=1S/C9H11N7OS3/c1-18-9-16-15-8(20-9)14-6(17)3-19-7-12-4(10)2-5(11)13-7/h2H,3H2,1H3,(H,14,15,17)(H4,10,11,12,13). The minimum atomic E-state index is -0.219. The minimum Gasteiger partial charge on any atom is -0.383 e. The molecule has 0 saturated carbocycles. The van der Waals surface area contributed by atoms with Crippen molar-refractivity contribution in [3.8, 4) is 0 Å². The van der Waals surface area contributed by atoms with Crippen LogP contribution in [0.2, 0.25) is 0 Å². The highest BCUT2D eigenvalue weighted by atomic mass is 32.2. The number of nitrogens with two attached hydrogens (primary N) is 2. The first-order valence-corrected chi connectivity index (χ1v) is 8.29. The Morgan fingerprint density at radius 1 is 1.35 bits per heavy atom. The van der Waals surface area contributed by atoms with Gasteiger partial charge in [-0.1, -0.05) is 34.9 Å². The number of carbonyl (C=O) groups excluding carboxylic acids is 1. The van der Waals surface area contributed by atoms with Gasteiger partial charge in [-0.2, -0.15) is 0 Å². The molecule has 0 radical (unpaired) electrons. The minimum absolute atomic E-state index is 0.136. The molecule has 2 rings (SSSR count). The quantitative estimate of drug-likeness (QED) is 0.416. The third kappa shape index (κ3) is 4.21. The average Bonchev–Trinajstić information content (AvgIpc) is 2.83. The third-order valence-corrected chi connectivity index (χ3v) is 4.57. The Kier molecular flexibility index (Phi) is 4.98. The number of nitrogens with one attached hydrogen (secondary N) is 1. The number of anilines is 3. The molecular weight excluding hydrogens is 318 g/mol. The Bertz CT molecular complexity index is 597. The lowest BCUT2D eigenvalue weighted by atomic mass is 10.5. The second-order valence-electron chi connectivity index (χ2n) is 3.41. The highest BCUT2D eigenvalue weighted by molar-refractivity contribution is 8.00. The molecule has 2 aromatic rings. The summed E-state index contributed by atoms with van der Waals surface area (Å²) in [7, 11) is 0. The predicted octanol–water partition coefficient (Wildman–Crippen LogP) is 0.945. The van der Waals surface area contributed by atoms with E-state index in [0.717, 1.165) is 16.1 Å². The molecule has 0 aliphatic rings. The lowest BCUT2D eigenvalue weighted by Crippen LogP contribution is -2.14. The van der Waals surface area contributed by atoms with Crippen LogP contribution in [-0.2, 0) is 4.79 Å². The maximum absolute atomic E-state index is 11.7. The van der Waals surface area contributed by atoms with Crippen LogP contribution in [0, 0.1) is 0 Å². The Labute approximate surface area is 127 Å². The number of hydrogen-bond donors (Lipinski definition) is 3. The zero-order valence-electron chi connectivity index (χ0n) is 10.4. The molecule has 106 valence electrons. The molecule has 0 bridgehead atoms. The van der Waals surface area contributed by atoms with E-state index in [-0.39, 0.29) is 23.3 Å². The molecule has 20 heavy (non-hydrogen) atoms. The summed E-state index contributed by atoms with van der Waals surface area (Å²) in [5.74, 6) is 0.462. The Morgan fingerprint density at radius 3 is 2.65 bits per heavy atom. The Hall–Kier alpha value is -1.59. The fourth-order valence-electron chi connectivity index (χ4n) is 1.15. The lowest BCUT2D eigenvalue weighted by Gasteiger charge is -2.02. The summed E-state index contributed by atoms with van der Waals surface area (Å²) in [6.07, 6.45) is 1.89. The number of carbonyl (C=O) groups is 1. The van der Waals surface area contributed by atoms with Crippen LogP contribution in [0.25, 0.3) is 0 Å². The Balaban J connectivity index is 1.88. The summed E-state index contributed by atoms with van der Waals surface area (Å²) in [5.41, 5.74) is 11.1. The van der Waals surface area contributed by atoms with Crippen molar-refractivity contribution in [1.29, 1.82) is 0 Å². The summed E-state index contributed by atoms with van der Waals surface area (Å²) in [5, 5.41) is 11.2. The van der Waals surface area contributed by atoms with Gasteiger partial charge in [0.05, 0.1) is 5.75 Å².